The van der Waals surface area contributed by atoms with Gasteiger partial charge in [0.1, 0.15) is 18.1 Å². The van der Waals surface area contributed by atoms with E-state index >= 15 is 0 Å². The summed E-state index contributed by atoms with van der Waals surface area (Å²) in [6.07, 6.45) is 0. The maximum absolute atomic E-state index is 12.9. The van der Waals surface area contributed by atoms with Crippen molar-refractivity contribution in [2.24, 2.45) is 0 Å². The molecule has 124 valence electrons. The van der Waals surface area contributed by atoms with Crippen LogP contribution in [-0.2, 0) is 6.54 Å². The summed E-state index contributed by atoms with van der Waals surface area (Å²) in [4.78, 5) is 29.8. The van der Waals surface area contributed by atoms with Gasteiger partial charge in [-0.1, -0.05) is 18.2 Å². The van der Waals surface area contributed by atoms with Crippen molar-refractivity contribution in [1.82, 2.24) is 9.88 Å². The molecule has 2 aromatic rings. The van der Waals surface area contributed by atoms with Crippen LogP contribution < -0.4 is 4.74 Å². The monoisotopic (exact) mass is 326 g/mol. The van der Waals surface area contributed by atoms with E-state index in [2.05, 4.69) is 4.98 Å². The van der Waals surface area contributed by atoms with Crippen LogP contribution in [0.4, 0.5) is 0 Å². The normalized spacial score (nSPS) is 16.8. The molecular weight excluding hydrogens is 308 g/mol. The molecule has 1 aliphatic rings. The Morgan fingerprint density at radius 2 is 2.00 bits per heavy atom. The summed E-state index contributed by atoms with van der Waals surface area (Å²) in [7, 11) is 0. The molecule has 1 aromatic heterocycles. The highest BCUT2D eigenvalue weighted by Crippen LogP contribution is 2.25. The Balaban J connectivity index is 1.91. The second kappa shape index (κ2) is 6.31. The van der Waals surface area contributed by atoms with Gasteiger partial charge in [-0.25, -0.2) is 9.78 Å². The maximum atomic E-state index is 12.9. The van der Waals surface area contributed by atoms with Gasteiger partial charge in [0, 0.05) is 5.56 Å². The van der Waals surface area contributed by atoms with Crippen molar-refractivity contribution in [3.05, 3.63) is 58.9 Å². The van der Waals surface area contributed by atoms with Gasteiger partial charge < -0.3 is 14.7 Å². The third-order valence-corrected chi connectivity index (χ3v) is 4.12. The molecule has 3 rings (SSSR count). The first-order valence-corrected chi connectivity index (χ1v) is 7.70. The number of rotatable bonds is 2. The average molecular weight is 326 g/mol. The Morgan fingerprint density at radius 1 is 1.25 bits per heavy atom. The summed E-state index contributed by atoms with van der Waals surface area (Å²) in [5, 5.41) is 9.08. The first-order valence-electron chi connectivity index (χ1n) is 7.70. The molecule has 0 radical (unpaired) electrons. The molecule has 0 fully saturated rings. The Morgan fingerprint density at radius 3 is 2.71 bits per heavy atom. The zero-order valence-electron chi connectivity index (χ0n) is 13.5. The highest BCUT2D eigenvalue weighted by molar-refractivity contribution is 5.94. The molecule has 2 heterocycles. The van der Waals surface area contributed by atoms with E-state index in [1.807, 2.05) is 31.2 Å². The van der Waals surface area contributed by atoms with Gasteiger partial charge in [-0.2, -0.15) is 0 Å². The third-order valence-electron chi connectivity index (χ3n) is 4.12. The predicted molar refractivity (Wildman–Crippen MR) is 87.2 cm³/mol. The molecule has 1 amide bonds. The molecule has 1 unspecified atom stereocenters. The number of carbonyl (C=O) groups is 2. The Labute approximate surface area is 139 Å². The highest BCUT2D eigenvalue weighted by Gasteiger charge is 2.27. The zero-order chi connectivity index (χ0) is 17.3. The lowest BCUT2D eigenvalue weighted by molar-refractivity contribution is 0.0635. The van der Waals surface area contributed by atoms with Crippen LogP contribution in [0.15, 0.2) is 36.4 Å². The van der Waals surface area contributed by atoms with Crippen molar-refractivity contribution in [3.63, 3.8) is 0 Å². The molecule has 24 heavy (non-hydrogen) atoms. The van der Waals surface area contributed by atoms with E-state index in [0.717, 1.165) is 11.3 Å². The van der Waals surface area contributed by atoms with E-state index in [-0.39, 0.29) is 23.2 Å². The minimum Gasteiger partial charge on any atom is -0.491 e. The third kappa shape index (κ3) is 2.95. The molecule has 1 N–H and O–H groups in total. The molecule has 0 bridgehead atoms. The van der Waals surface area contributed by atoms with Gasteiger partial charge in [0.2, 0.25) is 0 Å². The fourth-order valence-electron chi connectivity index (χ4n) is 2.74. The number of aromatic carboxylic acids is 1. The lowest BCUT2D eigenvalue weighted by Gasteiger charge is -2.26. The second-order valence-corrected chi connectivity index (χ2v) is 5.84. The largest absolute Gasteiger partial charge is 0.491 e. The van der Waals surface area contributed by atoms with Crippen LogP contribution in [-0.4, -0.2) is 39.5 Å². The summed E-state index contributed by atoms with van der Waals surface area (Å²) >= 11 is 0. The standard InChI is InChI=1S/C18H18N2O4/c1-11-10-24-16-6-4-3-5-13(16)9-20(11)17(21)15-8-7-14(18(22)23)12(2)19-15/h3-8,11H,9-10H2,1-2H3,(H,22,23). The number of carboxylic acids is 1. The van der Waals surface area contributed by atoms with E-state index in [0.29, 0.717) is 18.8 Å². The molecule has 0 spiro atoms. The quantitative estimate of drug-likeness (QED) is 0.917. The molecule has 1 aliphatic heterocycles. The zero-order valence-corrected chi connectivity index (χ0v) is 13.5. The van der Waals surface area contributed by atoms with E-state index in [1.165, 1.54) is 12.1 Å². The van der Waals surface area contributed by atoms with Gasteiger partial charge in [-0.05, 0) is 32.0 Å². The maximum Gasteiger partial charge on any atom is 0.337 e. The number of hydrogen-bond acceptors (Lipinski definition) is 4. The lowest BCUT2D eigenvalue weighted by atomic mass is 10.1. The molecule has 6 nitrogen and oxygen atoms in total. The van der Waals surface area contributed by atoms with E-state index in [4.69, 9.17) is 9.84 Å². The number of carbonyl (C=O) groups excluding carboxylic acids is 1. The SMILES string of the molecule is Cc1nc(C(=O)N2Cc3ccccc3OCC2C)ccc1C(=O)O. The molecule has 6 heteroatoms. The molecule has 0 saturated heterocycles. The number of para-hydroxylation sites is 1. The van der Waals surface area contributed by atoms with Gasteiger partial charge in [-0.3, -0.25) is 4.79 Å². The molecule has 1 aromatic carbocycles. The Hall–Kier alpha value is -2.89. The van der Waals surface area contributed by atoms with Crippen LogP contribution in [0.1, 0.15) is 39.0 Å². The summed E-state index contributed by atoms with van der Waals surface area (Å²) < 4.78 is 5.76. The van der Waals surface area contributed by atoms with E-state index in [9.17, 15) is 9.59 Å². The fourth-order valence-corrected chi connectivity index (χ4v) is 2.74. The highest BCUT2D eigenvalue weighted by atomic mass is 16.5. The van der Waals surface area contributed by atoms with Crippen LogP contribution in [0.25, 0.3) is 0 Å². The number of amides is 1. The number of aryl methyl sites for hydroxylation is 1. The van der Waals surface area contributed by atoms with Crippen LogP contribution in [0, 0.1) is 6.92 Å². The van der Waals surface area contributed by atoms with Crippen LogP contribution in [0.5, 0.6) is 5.75 Å². The molecule has 0 aliphatic carbocycles. The van der Waals surface area contributed by atoms with Crippen molar-refractivity contribution in [1.29, 1.82) is 0 Å². The first kappa shape index (κ1) is 16.0. The summed E-state index contributed by atoms with van der Waals surface area (Å²) in [5.74, 6) is -0.502. The van der Waals surface area contributed by atoms with Crippen LogP contribution in [0.2, 0.25) is 0 Å². The fraction of sp³-hybridized carbons (Fsp3) is 0.278. The van der Waals surface area contributed by atoms with Gasteiger partial charge in [0.25, 0.3) is 5.91 Å². The number of aromatic nitrogens is 1. The van der Waals surface area contributed by atoms with Crippen molar-refractivity contribution < 1.29 is 19.4 Å². The minimum absolute atomic E-state index is 0.101. The molecule has 0 saturated carbocycles. The van der Waals surface area contributed by atoms with Crippen molar-refractivity contribution in [2.45, 2.75) is 26.4 Å². The van der Waals surface area contributed by atoms with Gasteiger partial charge in [0.05, 0.1) is 23.8 Å². The Bertz CT molecular complexity index is 803. The number of nitrogens with zero attached hydrogens (tertiary/aromatic N) is 2. The van der Waals surface area contributed by atoms with Crippen molar-refractivity contribution in [3.8, 4) is 5.75 Å². The summed E-state index contributed by atoms with van der Waals surface area (Å²) in [6, 6.07) is 10.4. The number of benzene rings is 1. The minimum atomic E-state index is -1.05. The number of fused-ring (bicyclic) bond motifs is 1. The number of ether oxygens (including phenoxy) is 1. The second-order valence-electron chi connectivity index (χ2n) is 5.84. The van der Waals surface area contributed by atoms with Crippen molar-refractivity contribution in [2.75, 3.05) is 6.61 Å². The lowest BCUT2D eigenvalue weighted by Crippen LogP contribution is -2.40. The topological polar surface area (TPSA) is 79.7 Å². The number of pyridine rings is 1. The van der Waals surface area contributed by atoms with Crippen molar-refractivity contribution >= 4 is 11.9 Å². The number of hydrogen-bond donors (Lipinski definition) is 1. The van der Waals surface area contributed by atoms with Gasteiger partial charge in [0.15, 0.2) is 0 Å². The number of carboxylic acid groups (broad SMARTS) is 1. The summed E-state index contributed by atoms with van der Waals surface area (Å²) in [6.45, 7) is 4.33. The van der Waals surface area contributed by atoms with Crippen LogP contribution >= 0.6 is 0 Å². The molecular formula is C18H18N2O4. The van der Waals surface area contributed by atoms with E-state index < -0.39 is 5.97 Å². The van der Waals surface area contributed by atoms with Gasteiger partial charge >= 0.3 is 5.97 Å². The summed E-state index contributed by atoms with van der Waals surface area (Å²) in [5.41, 5.74) is 1.61. The smallest absolute Gasteiger partial charge is 0.337 e. The predicted octanol–water partition coefficient (Wildman–Crippen LogP) is 2.51. The van der Waals surface area contributed by atoms with Gasteiger partial charge in [-0.15, -0.1) is 0 Å². The molecule has 1 atom stereocenters. The first-order chi connectivity index (χ1) is 11.5. The van der Waals surface area contributed by atoms with Crippen LogP contribution in [0.3, 0.4) is 0 Å². The Kier molecular flexibility index (Phi) is 4.20. The average Bonchev–Trinajstić information content (AvgIpc) is 2.73. The van der Waals surface area contributed by atoms with E-state index in [1.54, 1.807) is 11.8 Å².